The first-order valence-corrected chi connectivity index (χ1v) is 8.59. The molecule has 2 aromatic carbocycles. The molecule has 0 N–H and O–H groups in total. The van der Waals surface area contributed by atoms with E-state index in [1.807, 2.05) is 0 Å². The predicted octanol–water partition coefficient (Wildman–Crippen LogP) is 2.98. The molecule has 0 fully saturated rings. The van der Waals surface area contributed by atoms with E-state index in [1.54, 1.807) is 43.3 Å². The normalized spacial score (nSPS) is 10.8. The first kappa shape index (κ1) is 16.8. The zero-order chi connectivity index (χ0) is 16.9. The van der Waals surface area contributed by atoms with Gasteiger partial charge in [0.25, 0.3) is 10.0 Å². The van der Waals surface area contributed by atoms with Gasteiger partial charge in [0.15, 0.2) is 0 Å². The Morgan fingerprint density at radius 1 is 1.09 bits per heavy atom. The van der Waals surface area contributed by atoms with Gasteiger partial charge in [-0.15, -0.1) is 0 Å². The first-order chi connectivity index (χ1) is 11.0. The Balaban J connectivity index is 2.36. The largest absolute Gasteiger partial charge is 0.497 e. The van der Waals surface area contributed by atoms with Gasteiger partial charge < -0.3 is 4.74 Å². The molecule has 0 spiro atoms. The van der Waals surface area contributed by atoms with Crippen molar-refractivity contribution in [3.05, 3.63) is 54.1 Å². The van der Waals surface area contributed by atoms with Crippen LogP contribution in [0, 0.1) is 11.3 Å². The number of sulfonamides is 1. The molecule has 0 radical (unpaired) electrons. The summed E-state index contributed by atoms with van der Waals surface area (Å²) in [7, 11) is -2.11. The minimum absolute atomic E-state index is 0.209. The Labute approximate surface area is 136 Å². The van der Waals surface area contributed by atoms with Gasteiger partial charge in [0, 0.05) is 6.54 Å². The number of ether oxygens (including phenoxy) is 1. The minimum Gasteiger partial charge on any atom is -0.497 e. The molecule has 0 aliphatic carbocycles. The van der Waals surface area contributed by atoms with Crippen LogP contribution in [0.25, 0.3) is 0 Å². The lowest BCUT2D eigenvalue weighted by molar-refractivity contribution is 0.414. The molecule has 23 heavy (non-hydrogen) atoms. The first-order valence-electron chi connectivity index (χ1n) is 7.15. The zero-order valence-electron chi connectivity index (χ0n) is 13.1. The number of anilines is 1. The second-order valence-electron chi connectivity index (χ2n) is 4.85. The molecule has 0 aliphatic rings. The molecule has 2 aromatic rings. The van der Waals surface area contributed by atoms with E-state index in [9.17, 15) is 8.42 Å². The van der Waals surface area contributed by atoms with E-state index in [0.29, 0.717) is 24.4 Å². The summed E-state index contributed by atoms with van der Waals surface area (Å²) in [5.74, 6) is 0.604. The van der Waals surface area contributed by atoms with E-state index < -0.39 is 10.0 Å². The molecular weight excluding hydrogens is 312 g/mol. The van der Waals surface area contributed by atoms with Crippen molar-refractivity contribution in [1.82, 2.24) is 0 Å². The minimum atomic E-state index is -3.64. The van der Waals surface area contributed by atoms with Crippen LogP contribution < -0.4 is 9.04 Å². The molecule has 6 heteroatoms. The van der Waals surface area contributed by atoms with Crippen molar-refractivity contribution in [3.8, 4) is 11.8 Å². The van der Waals surface area contributed by atoms with Crippen LogP contribution in [-0.2, 0) is 16.4 Å². The Hall–Kier alpha value is -2.52. The number of methoxy groups -OCH3 is 1. The number of nitriles is 1. The van der Waals surface area contributed by atoms with E-state index in [-0.39, 0.29) is 4.90 Å². The summed E-state index contributed by atoms with van der Waals surface area (Å²) in [5, 5.41) is 8.70. The van der Waals surface area contributed by atoms with Gasteiger partial charge in [-0.2, -0.15) is 5.26 Å². The fourth-order valence-corrected chi connectivity index (χ4v) is 3.71. The second-order valence-corrected chi connectivity index (χ2v) is 6.71. The topological polar surface area (TPSA) is 70.4 Å². The van der Waals surface area contributed by atoms with E-state index in [1.165, 1.54) is 23.5 Å². The quantitative estimate of drug-likeness (QED) is 0.816. The molecule has 0 aromatic heterocycles. The lowest BCUT2D eigenvalue weighted by Gasteiger charge is -2.23. The maximum absolute atomic E-state index is 12.8. The fraction of sp³-hybridized carbons (Fsp3) is 0.235. The van der Waals surface area contributed by atoms with Crippen molar-refractivity contribution < 1.29 is 13.2 Å². The average Bonchev–Trinajstić information content (AvgIpc) is 2.57. The maximum atomic E-state index is 12.8. The summed E-state index contributed by atoms with van der Waals surface area (Å²) < 4.78 is 32.0. The van der Waals surface area contributed by atoms with Gasteiger partial charge in [-0.3, -0.25) is 4.31 Å². The molecule has 0 saturated heterocycles. The highest BCUT2D eigenvalue weighted by Crippen LogP contribution is 2.25. The molecule has 120 valence electrons. The molecule has 5 nitrogen and oxygen atoms in total. The lowest BCUT2D eigenvalue weighted by atomic mass is 10.1. The van der Waals surface area contributed by atoms with E-state index >= 15 is 0 Å². The Morgan fingerprint density at radius 2 is 1.70 bits per heavy atom. The van der Waals surface area contributed by atoms with Crippen LogP contribution >= 0.6 is 0 Å². The van der Waals surface area contributed by atoms with Crippen LogP contribution in [0.5, 0.6) is 5.75 Å². The number of hydrogen-bond acceptors (Lipinski definition) is 4. The van der Waals surface area contributed by atoms with Crippen LogP contribution in [0.4, 0.5) is 5.69 Å². The van der Waals surface area contributed by atoms with Crippen molar-refractivity contribution in [2.24, 2.45) is 0 Å². The lowest BCUT2D eigenvalue weighted by Crippen LogP contribution is -2.30. The zero-order valence-corrected chi connectivity index (χ0v) is 13.9. The molecule has 0 heterocycles. The van der Waals surface area contributed by atoms with Crippen LogP contribution in [0.1, 0.15) is 12.5 Å². The van der Waals surface area contributed by atoms with E-state index in [2.05, 4.69) is 6.07 Å². The third-order valence-electron chi connectivity index (χ3n) is 3.44. The summed E-state index contributed by atoms with van der Waals surface area (Å²) in [6.07, 6.45) is 0.303. The van der Waals surface area contributed by atoms with Crippen LogP contribution in [-0.4, -0.2) is 22.1 Å². The van der Waals surface area contributed by atoms with Gasteiger partial charge in [0.1, 0.15) is 5.75 Å². The highest BCUT2D eigenvalue weighted by atomic mass is 32.2. The Kier molecular flexibility index (Phi) is 5.24. The molecule has 0 saturated carbocycles. The second kappa shape index (κ2) is 7.16. The summed E-state index contributed by atoms with van der Waals surface area (Å²) in [6, 6.07) is 15.3. The summed E-state index contributed by atoms with van der Waals surface area (Å²) in [4.78, 5) is 0.209. The number of benzene rings is 2. The Bertz CT molecular complexity index is 791. The summed E-state index contributed by atoms with van der Waals surface area (Å²) >= 11 is 0. The summed E-state index contributed by atoms with van der Waals surface area (Å²) in [6.45, 7) is 2.09. The number of hydrogen-bond donors (Lipinski definition) is 0. The van der Waals surface area contributed by atoms with Crippen molar-refractivity contribution in [1.29, 1.82) is 5.26 Å². The van der Waals surface area contributed by atoms with E-state index in [4.69, 9.17) is 10.00 Å². The molecular formula is C17H18N2O3S. The number of rotatable bonds is 6. The predicted molar refractivity (Wildman–Crippen MR) is 89.0 cm³/mol. The van der Waals surface area contributed by atoms with Crippen LogP contribution in [0.3, 0.4) is 0 Å². The molecule has 0 aliphatic heterocycles. The van der Waals surface area contributed by atoms with Crippen LogP contribution in [0.2, 0.25) is 0 Å². The van der Waals surface area contributed by atoms with Gasteiger partial charge >= 0.3 is 0 Å². The van der Waals surface area contributed by atoms with Crippen molar-refractivity contribution >= 4 is 15.7 Å². The smallest absolute Gasteiger partial charge is 0.264 e. The van der Waals surface area contributed by atoms with Crippen LogP contribution in [0.15, 0.2) is 53.4 Å². The fourth-order valence-electron chi connectivity index (χ4n) is 2.24. The third kappa shape index (κ3) is 3.63. The standard InChI is InChI=1S/C17H18N2O3S/c1-3-19(15-6-4-14(5-7-15)12-13-18)23(20,21)17-10-8-16(22-2)9-11-17/h4-11H,3,12H2,1-2H3. The van der Waals surface area contributed by atoms with Gasteiger partial charge in [-0.25, -0.2) is 8.42 Å². The van der Waals surface area contributed by atoms with E-state index in [0.717, 1.165) is 5.56 Å². The van der Waals surface area contributed by atoms with Crippen molar-refractivity contribution in [3.63, 3.8) is 0 Å². The molecule has 0 amide bonds. The highest BCUT2D eigenvalue weighted by molar-refractivity contribution is 7.92. The van der Waals surface area contributed by atoms with Crippen molar-refractivity contribution in [2.75, 3.05) is 18.0 Å². The summed E-state index contributed by atoms with van der Waals surface area (Å²) in [5.41, 5.74) is 1.43. The van der Waals surface area contributed by atoms with Crippen molar-refractivity contribution in [2.45, 2.75) is 18.2 Å². The molecule has 0 atom stereocenters. The molecule has 0 unspecified atom stereocenters. The maximum Gasteiger partial charge on any atom is 0.264 e. The van der Waals surface area contributed by atoms with Gasteiger partial charge in [-0.1, -0.05) is 12.1 Å². The monoisotopic (exact) mass is 330 g/mol. The third-order valence-corrected chi connectivity index (χ3v) is 5.36. The van der Waals surface area contributed by atoms with Gasteiger partial charge in [0.2, 0.25) is 0 Å². The molecule has 2 rings (SSSR count). The Morgan fingerprint density at radius 3 is 2.17 bits per heavy atom. The highest BCUT2D eigenvalue weighted by Gasteiger charge is 2.23. The van der Waals surface area contributed by atoms with Gasteiger partial charge in [0.05, 0.1) is 30.2 Å². The average molecular weight is 330 g/mol. The number of nitrogens with zero attached hydrogens (tertiary/aromatic N) is 2. The SMILES string of the molecule is CCN(c1ccc(CC#N)cc1)S(=O)(=O)c1ccc(OC)cc1. The molecule has 0 bridgehead atoms. The van der Waals surface area contributed by atoms with Gasteiger partial charge in [-0.05, 0) is 48.9 Å².